The van der Waals surface area contributed by atoms with Gasteiger partial charge in [0.2, 0.25) is 0 Å². The highest BCUT2D eigenvalue weighted by Gasteiger charge is 2.19. The minimum atomic E-state index is -0.297. The maximum atomic E-state index is 15.0. The second kappa shape index (κ2) is 10.8. The number of rotatable bonds is 11. The summed E-state index contributed by atoms with van der Waals surface area (Å²) in [6.45, 7) is 3.53. The lowest BCUT2D eigenvalue weighted by atomic mass is 10.0. The normalized spacial score (nSPS) is 12.3. The van der Waals surface area contributed by atoms with E-state index in [1.165, 1.54) is 22.3 Å². The van der Waals surface area contributed by atoms with Crippen LogP contribution < -0.4 is 16.0 Å². The third-order valence-electron chi connectivity index (χ3n) is 5.92. The monoisotopic (exact) mass is 466 g/mol. The van der Waals surface area contributed by atoms with Gasteiger partial charge in [0, 0.05) is 36.2 Å². The predicted molar refractivity (Wildman–Crippen MR) is 137 cm³/mol. The quantitative estimate of drug-likeness (QED) is 0.215. The lowest BCUT2D eigenvalue weighted by molar-refractivity contribution is 0.0938. The van der Waals surface area contributed by atoms with Crippen LogP contribution in [0.3, 0.4) is 0 Å². The number of unbranched alkanes of at least 4 members (excludes halogenated alkanes) is 1. The van der Waals surface area contributed by atoms with Crippen LogP contribution in [0.25, 0.3) is 21.0 Å². The van der Waals surface area contributed by atoms with Gasteiger partial charge in [-0.3, -0.25) is 4.79 Å². The largest absolute Gasteiger partial charge is 0.381 e. The molecule has 0 fully saturated rings. The van der Waals surface area contributed by atoms with Crippen LogP contribution in [0.5, 0.6) is 0 Å². The topological polar surface area (TPSA) is 69.0 Å². The Hall–Kier alpha value is -2.90. The van der Waals surface area contributed by atoms with Crippen molar-refractivity contribution in [2.24, 2.45) is 0 Å². The Labute approximate surface area is 197 Å². The zero-order valence-corrected chi connectivity index (χ0v) is 19.9. The van der Waals surface area contributed by atoms with Crippen molar-refractivity contribution in [1.29, 1.82) is 0 Å². The first-order valence-electron chi connectivity index (χ1n) is 11.6. The molecule has 2 heterocycles. The second-order valence-corrected chi connectivity index (χ2v) is 9.41. The molecule has 4 aromatic rings. The number of carbonyl (C=O) groups is 1. The van der Waals surface area contributed by atoms with Crippen LogP contribution in [0.1, 0.15) is 41.4 Å². The van der Waals surface area contributed by atoms with Gasteiger partial charge in [-0.05, 0) is 49.0 Å². The van der Waals surface area contributed by atoms with E-state index in [0.29, 0.717) is 21.8 Å². The number of hydrogen-bond donors (Lipinski definition) is 4. The van der Waals surface area contributed by atoms with Crippen LogP contribution >= 0.6 is 11.3 Å². The van der Waals surface area contributed by atoms with Crippen molar-refractivity contribution in [2.45, 2.75) is 38.6 Å². The lowest BCUT2D eigenvalue weighted by Crippen LogP contribution is -2.36. The maximum Gasteiger partial charge on any atom is 0.261 e. The standard InChI is InChI=1S/C26H31FN4OS/c1-3-4-7-19(14-18-16-30-21-9-6-5-8-20(18)21)31-26(32)23-15-17-10-11-22(29-13-12-28-2)24(27)25(17)33-23/h5-6,8-11,15-16,19,28-30H,3-4,7,12-14H2,1-2H3,(H,31,32). The number of aromatic nitrogens is 1. The molecule has 0 saturated heterocycles. The number of hydrogen-bond acceptors (Lipinski definition) is 4. The number of benzene rings is 2. The number of aromatic amines is 1. The summed E-state index contributed by atoms with van der Waals surface area (Å²) in [4.78, 5) is 17.0. The maximum absolute atomic E-state index is 15.0. The molecule has 0 bridgehead atoms. The van der Waals surface area contributed by atoms with Crippen molar-refractivity contribution in [3.63, 3.8) is 0 Å². The van der Waals surface area contributed by atoms with Gasteiger partial charge >= 0.3 is 0 Å². The number of likely N-dealkylation sites (N-methyl/N-ethyl adjacent to an activating group) is 1. The molecule has 33 heavy (non-hydrogen) atoms. The fourth-order valence-corrected chi connectivity index (χ4v) is 5.14. The van der Waals surface area contributed by atoms with Gasteiger partial charge in [-0.15, -0.1) is 11.3 Å². The average Bonchev–Trinajstić information content (AvgIpc) is 3.44. The Morgan fingerprint density at radius 2 is 2.03 bits per heavy atom. The molecule has 4 rings (SSSR count). The molecule has 174 valence electrons. The van der Waals surface area contributed by atoms with Crippen LogP contribution in [-0.2, 0) is 6.42 Å². The van der Waals surface area contributed by atoms with Crippen molar-refractivity contribution in [3.05, 3.63) is 64.9 Å². The van der Waals surface area contributed by atoms with E-state index in [-0.39, 0.29) is 17.8 Å². The van der Waals surface area contributed by atoms with Crippen LogP contribution in [0.2, 0.25) is 0 Å². The van der Waals surface area contributed by atoms with Gasteiger partial charge in [-0.25, -0.2) is 4.39 Å². The van der Waals surface area contributed by atoms with Gasteiger partial charge in [-0.2, -0.15) is 0 Å². The highest BCUT2D eigenvalue weighted by Crippen LogP contribution is 2.32. The van der Waals surface area contributed by atoms with Crippen molar-refractivity contribution in [1.82, 2.24) is 15.6 Å². The summed E-state index contributed by atoms with van der Waals surface area (Å²) in [5, 5.41) is 11.3. The van der Waals surface area contributed by atoms with Crippen LogP contribution in [-0.4, -0.2) is 37.1 Å². The molecule has 1 amide bonds. The van der Waals surface area contributed by atoms with E-state index in [0.717, 1.165) is 43.1 Å². The third kappa shape index (κ3) is 5.37. The number of nitrogens with one attached hydrogen (secondary N) is 4. The van der Waals surface area contributed by atoms with Crippen LogP contribution in [0.4, 0.5) is 10.1 Å². The van der Waals surface area contributed by atoms with Crippen molar-refractivity contribution >= 4 is 43.9 Å². The summed E-state index contributed by atoms with van der Waals surface area (Å²) < 4.78 is 15.5. The molecule has 1 unspecified atom stereocenters. The molecule has 2 aromatic heterocycles. The smallest absolute Gasteiger partial charge is 0.261 e. The number of fused-ring (bicyclic) bond motifs is 2. The first-order chi connectivity index (χ1) is 16.1. The SMILES string of the molecule is CCCCC(Cc1c[nH]c2ccccc12)NC(=O)c1cc2ccc(NCCNC)c(F)c2s1. The Morgan fingerprint density at radius 3 is 2.85 bits per heavy atom. The van der Waals surface area contributed by atoms with E-state index in [1.54, 1.807) is 12.1 Å². The van der Waals surface area contributed by atoms with E-state index < -0.39 is 0 Å². The van der Waals surface area contributed by atoms with Gasteiger partial charge in [0.15, 0.2) is 5.82 Å². The highest BCUT2D eigenvalue weighted by molar-refractivity contribution is 7.20. The zero-order valence-electron chi connectivity index (χ0n) is 19.1. The molecule has 1 atom stereocenters. The minimum Gasteiger partial charge on any atom is -0.381 e. The molecule has 7 heteroatoms. The van der Waals surface area contributed by atoms with Crippen molar-refractivity contribution < 1.29 is 9.18 Å². The van der Waals surface area contributed by atoms with Crippen molar-refractivity contribution in [3.8, 4) is 0 Å². The second-order valence-electron chi connectivity index (χ2n) is 8.36. The molecule has 0 saturated carbocycles. The highest BCUT2D eigenvalue weighted by atomic mass is 32.1. The number of anilines is 1. The Bertz CT molecular complexity index is 1230. The molecular formula is C26H31FN4OS. The minimum absolute atomic E-state index is 0.0190. The Kier molecular flexibility index (Phi) is 7.62. The Morgan fingerprint density at radius 1 is 1.18 bits per heavy atom. The first kappa shape index (κ1) is 23.3. The van der Waals surface area contributed by atoms with Gasteiger partial charge in [-0.1, -0.05) is 44.0 Å². The van der Waals surface area contributed by atoms with Gasteiger partial charge < -0.3 is 20.9 Å². The molecular weight excluding hydrogens is 435 g/mol. The van der Waals surface area contributed by atoms with Crippen LogP contribution in [0.15, 0.2) is 48.7 Å². The molecule has 2 aromatic carbocycles. The summed E-state index contributed by atoms with van der Waals surface area (Å²) in [5.41, 5.74) is 2.77. The molecule has 0 radical (unpaired) electrons. The summed E-state index contributed by atoms with van der Waals surface area (Å²) >= 11 is 1.21. The number of H-pyrrole nitrogens is 1. The summed E-state index contributed by atoms with van der Waals surface area (Å²) in [5.74, 6) is -0.435. The fourth-order valence-electron chi connectivity index (χ4n) is 4.14. The average molecular weight is 467 g/mol. The van der Waals surface area contributed by atoms with E-state index >= 15 is 0 Å². The lowest BCUT2D eigenvalue weighted by Gasteiger charge is -2.18. The number of halogens is 1. The van der Waals surface area contributed by atoms with Crippen LogP contribution in [0, 0.1) is 5.82 Å². The number of carbonyl (C=O) groups excluding carboxylic acids is 1. The molecule has 0 aliphatic heterocycles. The summed E-state index contributed by atoms with van der Waals surface area (Å²) in [6.07, 6.45) is 5.80. The van der Waals surface area contributed by atoms with Gasteiger partial charge in [0.25, 0.3) is 5.91 Å². The van der Waals surface area contributed by atoms with E-state index in [9.17, 15) is 9.18 Å². The molecule has 4 N–H and O–H groups in total. The van der Waals surface area contributed by atoms with Gasteiger partial charge in [0.1, 0.15) is 0 Å². The fraction of sp³-hybridized carbons (Fsp3) is 0.346. The van der Waals surface area contributed by atoms with E-state index in [2.05, 4.69) is 40.0 Å². The van der Waals surface area contributed by atoms with E-state index in [4.69, 9.17) is 0 Å². The Balaban J connectivity index is 1.51. The van der Waals surface area contributed by atoms with E-state index in [1.807, 2.05) is 31.4 Å². The summed E-state index contributed by atoms with van der Waals surface area (Å²) in [6, 6.07) is 13.6. The third-order valence-corrected chi connectivity index (χ3v) is 7.07. The number of amides is 1. The zero-order chi connectivity index (χ0) is 23.2. The molecule has 0 aliphatic carbocycles. The summed E-state index contributed by atoms with van der Waals surface area (Å²) in [7, 11) is 1.86. The van der Waals surface area contributed by atoms with Gasteiger partial charge in [0.05, 0.1) is 15.3 Å². The predicted octanol–water partition coefficient (Wildman–Crippen LogP) is 5.68. The molecule has 0 aliphatic rings. The molecule has 0 spiro atoms. The first-order valence-corrected chi connectivity index (χ1v) is 12.4. The number of para-hydroxylation sites is 1. The van der Waals surface area contributed by atoms with Crippen molar-refractivity contribution in [2.75, 3.05) is 25.5 Å². The number of thiophene rings is 1. The molecule has 5 nitrogen and oxygen atoms in total.